The average Bonchev–Trinajstić information content (AvgIpc) is 2.06. The molecule has 4 nitrogen and oxygen atoms in total. The quantitative estimate of drug-likeness (QED) is 0.472. The first-order valence-electron chi connectivity index (χ1n) is 3.94. The number of nitrogens with one attached hydrogen (secondary N) is 1. The van der Waals surface area contributed by atoms with Crippen LogP contribution in [-0.4, -0.2) is 43.6 Å². The molecule has 0 radical (unpaired) electrons. The molecule has 0 spiro atoms. The summed E-state index contributed by atoms with van der Waals surface area (Å²) in [5, 5.41) is 3.06. The SMILES string of the molecule is CC[Si](O)(O)C1CNCCO1. The van der Waals surface area contributed by atoms with Gasteiger partial charge < -0.3 is 19.6 Å². The molecule has 0 amide bonds. The van der Waals surface area contributed by atoms with E-state index in [1.165, 1.54) is 0 Å². The Bertz CT molecular complexity index is 125. The highest BCUT2D eigenvalue weighted by molar-refractivity contribution is 6.66. The van der Waals surface area contributed by atoms with Crippen LogP contribution < -0.4 is 5.32 Å². The predicted molar refractivity (Wildman–Crippen MR) is 43.3 cm³/mol. The smallest absolute Gasteiger partial charge is 0.363 e. The van der Waals surface area contributed by atoms with Crippen LogP contribution in [0.15, 0.2) is 0 Å². The van der Waals surface area contributed by atoms with Gasteiger partial charge in [0.05, 0.1) is 6.61 Å². The van der Waals surface area contributed by atoms with Gasteiger partial charge in [0.15, 0.2) is 0 Å². The summed E-state index contributed by atoms with van der Waals surface area (Å²) < 4.78 is 5.23. The van der Waals surface area contributed by atoms with Crippen LogP contribution in [0.25, 0.3) is 0 Å². The van der Waals surface area contributed by atoms with Crippen LogP contribution in [-0.2, 0) is 4.74 Å². The van der Waals surface area contributed by atoms with Crippen LogP contribution in [0.3, 0.4) is 0 Å². The minimum absolute atomic E-state index is 0.346. The maximum absolute atomic E-state index is 9.48. The van der Waals surface area contributed by atoms with Crippen molar-refractivity contribution in [2.45, 2.75) is 18.7 Å². The molecule has 1 saturated heterocycles. The summed E-state index contributed by atoms with van der Waals surface area (Å²) in [6, 6.07) is 0.430. The van der Waals surface area contributed by atoms with Crippen LogP contribution in [0.2, 0.25) is 6.04 Å². The highest BCUT2D eigenvalue weighted by Crippen LogP contribution is 2.11. The highest BCUT2D eigenvalue weighted by atomic mass is 28.4. The summed E-state index contributed by atoms with van der Waals surface area (Å²) >= 11 is 0. The number of morpholine rings is 1. The molecule has 1 heterocycles. The van der Waals surface area contributed by atoms with E-state index in [0.717, 1.165) is 6.54 Å². The van der Waals surface area contributed by atoms with Gasteiger partial charge in [-0.1, -0.05) is 6.92 Å². The van der Waals surface area contributed by atoms with Gasteiger partial charge in [-0.25, -0.2) is 0 Å². The van der Waals surface area contributed by atoms with Crippen LogP contribution in [0.5, 0.6) is 0 Å². The normalized spacial score (nSPS) is 27.0. The molecule has 1 rings (SSSR count). The molecule has 0 aromatic carbocycles. The van der Waals surface area contributed by atoms with Gasteiger partial charge >= 0.3 is 8.56 Å². The van der Waals surface area contributed by atoms with Gasteiger partial charge in [-0.3, -0.25) is 0 Å². The van der Waals surface area contributed by atoms with Crippen molar-refractivity contribution in [1.82, 2.24) is 5.32 Å². The molecule has 0 aromatic rings. The van der Waals surface area contributed by atoms with E-state index >= 15 is 0 Å². The van der Waals surface area contributed by atoms with Crippen molar-refractivity contribution in [3.63, 3.8) is 0 Å². The Labute approximate surface area is 67.4 Å². The Kier molecular flexibility index (Phi) is 3.03. The molecule has 1 unspecified atom stereocenters. The van der Waals surface area contributed by atoms with Crippen LogP contribution in [0.1, 0.15) is 6.92 Å². The second-order valence-electron chi connectivity index (χ2n) is 2.80. The molecule has 5 heteroatoms. The summed E-state index contributed by atoms with van der Waals surface area (Å²) in [6.07, 6.45) is 0. The van der Waals surface area contributed by atoms with Gasteiger partial charge in [0.2, 0.25) is 0 Å². The van der Waals surface area contributed by atoms with Crippen molar-refractivity contribution in [1.29, 1.82) is 0 Å². The molecule has 0 aromatic heterocycles. The molecule has 0 aliphatic carbocycles. The number of rotatable bonds is 2. The zero-order valence-corrected chi connectivity index (χ0v) is 7.71. The second-order valence-corrected chi connectivity index (χ2v) is 5.90. The average molecular weight is 177 g/mol. The molecule has 11 heavy (non-hydrogen) atoms. The molecule has 1 atom stereocenters. The van der Waals surface area contributed by atoms with E-state index < -0.39 is 8.56 Å². The largest absolute Gasteiger partial charge is 0.409 e. The lowest BCUT2D eigenvalue weighted by molar-refractivity contribution is 0.0471. The summed E-state index contributed by atoms with van der Waals surface area (Å²) in [5.74, 6) is 0. The van der Waals surface area contributed by atoms with Crippen molar-refractivity contribution >= 4 is 8.56 Å². The maximum atomic E-state index is 9.48. The van der Waals surface area contributed by atoms with Gasteiger partial charge in [-0.2, -0.15) is 0 Å². The van der Waals surface area contributed by atoms with Crippen LogP contribution in [0, 0.1) is 0 Å². The van der Waals surface area contributed by atoms with Gasteiger partial charge in [0.1, 0.15) is 5.73 Å². The minimum Gasteiger partial charge on any atom is -0.409 e. The summed E-state index contributed by atoms with van der Waals surface area (Å²) in [6.45, 7) is 3.75. The first-order valence-corrected chi connectivity index (χ1v) is 6.12. The van der Waals surface area contributed by atoms with Crippen molar-refractivity contribution in [3.05, 3.63) is 0 Å². The van der Waals surface area contributed by atoms with Crippen molar-refractivity contribution in [2.75, 3.05) is 19.7 Å². The predicted octanol–water partition coefficient (Wildman–Crippen LogP) is -1.04. The van der Waals surface area contributed by atoms with E-state index in [4.69, 9.17) is 4.74 Å². The Morgan fingerprint density at radius 2 is 2.36 bits per heavy atom. The van der Waals surface area contributed by atoms with Crippen molar-refractivity contribution in [3.8, 4) is 0 Å². The van der Waals surface area contributed by atoms with E-state index in [2.05, 4.69) is 5.32 Å². The summed E-state index contributed by atoms with van der Waals surface area (Å²) in [7, 11) is -3.06. The van der Waals surface area contributed by atoms with Gasteiger partial charge in [-0.15, -0.1) is 0 Å². The standard InChI is InChI=1S/C6H15NO3Si/c1-2-11(8,9)6-5-7-3-4-10-6/h6-9H,2-5H2,1H3. The number of hydrogen-bond acceptors (Lipinski definition) is 4. The second kappa shape index (κ2) is 3.64. The molecule has 0 saturated carbocycles. The van der Waals surface area contributed by atoms with Gasteiger partial charge in [0, 0.05) is 13.1 Å². The molecule has 1 fully saturated rings. The lowest BCUT2D eigenvalue weighted by atomic mass is 10.5. The third kappa shape index (κ3) is 2.24. The Morgan fingerprint density at radius 1 is 1.64 bits per heavy atom. The fraction of sp³-hybridized carbons (Fsp3) is 1.00. The molecular formula is C6H15NO3Si. The first-order chi connectivity index (χ1) is 5.17. The lowest BCUT2D eigenvalue weighted by Gasteiger charge is -2.30. The summed E-state index contributed by atoms with van der Waals surface area (Å²) in [4.78, 5) is 19.0. The van der Waals surface area contributed by atoms with E-state index in [9.17, 15) is 9.59 Å². The van der Waals surface area contributed by atoms with Crippen molar-refractivity contribution in [2.24, 2.45) is 0 Å². The Balaban J connectivity index is 2.43. The van der Waals surface area contributed by atoms with Crippen LogP contribution >= 0.6 is 0 Å². The van der Waals surface area contributed by atoms with E-state index in [0.29, 0.717) is 19.2 Å². The first kappa shape index (κ1) is 9.15. The zero-order valence-electron chi connectivity index (χ0n) is 6.71. The molecule has 3 N–H and O–H groups in total. The molecule has 1 aliphatic heterocycles. The third-order valence-electron chi connectivity index (χ3n) is 1.96. The van der Waals surface area contributed by atoms with Gasteiger partial charge in [0.25, 0.3) is 0 Å². The molecule has 0 bridgehead atoms. The third-order valence-corrected chi connectivity index (χ3v) is 4.41. The van der Waals surface area contributed by atoms with E-state index in [1.807, 2.05) is 0 Å². The van der Waals surface area contributed by atoms with Crippen molar-refractivity contribution < 1.29 is 14.3 Å². The van der Waals surface area contributed by atoms with E-state index in [-0.39, 0.29) is 5.73 Å². The molecule has 1 aliphatic rings. The number of hydrogen-bond donors (Lipinski definition) is 3. The monoisotopic (exact) mass is 177 g/mol. The van der Waals surface area contributed by atoms with Gasteiger partial charge in [-0.05, 0) is 6.04 Å². The Morgan fingerprint density at radius 3 is 2.82 bits per heavy atom. The Hall–Kier alpha value is 0.0569. The molecule has 66 valence electrons. The topological polar surface area (TPSA) is 61.7 Å². The highest BCUT2D eigenvalue weighted by Gasteiger charge is 2.39. The summed E-state index contributed by atoms with van der Waals surface area (Å²) in [5.41, 5.74) is -0.346. The van der Waals surface area contributed by atoms with E-state index in [1.54, 1.807) is 6.92 Å². The minimum atomic E-state index is -3.06. The number of ether oxygens (including phenoxy) is 1. The molecular weight excluding hydrogens is 162 g/mol. The zero-order chi connectivity index (χ0) is 8.32. The fourth-order valence-corrected chi connectivity index (χ4v) is 2.40. The fourth-order valence-electron chi connectivity index (χ4n) is 1.09. The maximum Gasteiger partial charge on any atom is 0.363 e. The lowest BCUT2D eigenvalue weighted by Crippen LogP contribution is -2.57. The van der Waals surface area contributed by atoms with Crippen LogP contribution in [0.4, 0.5) is 0 Å².